The number of oxazole rings is 1. The lowest BCUT2D eigenvalue weighted by atomic mass is 10.1. The van der Waals surface area contributed by atoms with E-state index in [-0.39, 0.29) is 12.3 Å². The Hall–Kier alpha value is -2.47. The molecule has 22 heavy (non-hydrogen) atoms. The average molecular weight is 318 g/mol. The summed E-state index contributed by atoms with van der Waals surface area (Å²) in [6, 6.07) is 5.07. The number of halogens is 1. The number of benzene rings is 1. The molecule has 0 saturated carbocycles. The number of fused-ring (bicyclic) bond motifs is 1. The highest BCUT2D eigenvalue weighted by Gasteiger charge is 2.14. The van der Waals surface area contributed by atoms with Crippen LogP contribution >= 0.6 is 11.6 Å². The topological polar surface area (TPSA) is 78.1 Å². The Bertz CT molecular complexity index is 860. The van der Waals surface area contributed by atoms with Crippen LogP contribution < -0.4 is 0 Å². The van der Waals surface area contributed by atoms with Crippen LogP contribution in [0.3, 0.4) is 0 Å². The van der Waals surface area contributed by atoms with Crippen LogP contribution in [-0.4, -0.2) is 27.5 Å². The van der Waals surface area contributed by atoms with E-state index in [1.165, 1.54) is 6.33 Å². The molecule has 0 radical (unpaired) electrons. The molecule has 3 rings (SSSR count). The van der Waals surface area contributed by atoms with Crippen LogP contribution in [0.4, 0.5) is 0 Å². The third-order valence-corrected chi connectivity index (χ3v) is 3.28. The number of aryl methyl sites for hydroxylation is 1. The number of hydrogen-bond acceptors (Lipinski definition) is 6. The molecule has 0 unspecified atom stereocenters. The van der Waals surface area contributed by atoms with Crippen LogP contribution in [0.25, 0.3) is 22.4 Å². The summed E-state index contributed by atoms with van der Waals surface area (Å²) < 4.78 is 10.4. The van der Waals surface area contributed by atoms with Gasteiger partial charge in [0.15, 0.2) is 17.2 Å². The highest BCUT2D eigenvalue weighted by Crippen LogP contribution is 2.30. The summed E-state index contributed by atoms with van der Waals surface area (Å²) in [5, 5.41) is 0.435. The van der Waals surface area contributed by atoms with E-state index in [0.29, 0.717) is 27.7 Å². The normalized spacial score (nSPS) is 10.9. The predicted molar refractivity (Wildman–Crippen MR) is 80.7 cm³/mol. The smallest absolute Gasteiger partial charge is 0.357 e. The molecule has 0 aliphatic carbocycles. The zero-order valence-electron chi connectivity index (χ0n) is 12.0. The van der Waals surface area contributed by atoms with Crippen LogP contribution in [0.15, 0.2) is 28.9 Å². The van der Waals surface area contributed by atoms with Crippen molar-refractivity contribution in [1.82, 2.24) is 15.0 Å². The van der Waals surface area contributed by atoms with Gasteiger partial charge in [0.05, 0.1) is 17.3 Å². The lowest BCUT2D eigenvalue weighted by molar-refractivity contribution is 0.0519. The second kappa shape index (κ2) is 5.73. The molecule has 2 heterocycles. The molecular weight excluding hydrogens is 306 g/mol. The van der Waals surface area contributed by atoms with E-state index in [0.717, 1.165) is 5.56 Å². The highest BCUT2D eigenvalue weighted by molar-refractivity contribution is 6.35. The van der Waals surface area contributed by atoms with E-state index in [4.69, 9.17) is 20.8 Å². The molecule has 0 aliphatic heterocycles. The summed E-state index contributed by atoms with van der Waals surface area (Å²) in [5.74, 6) is 0.0413. The fraction of sp³-hybridized carbons (Fsp3) is 0.200. The number of nitrogens with zero attached hydrogens (tertiary/aromatic N) is 3. The van der Waals surface area contributed by atoms with E-state index < -0.39 is 5.97 Å². The van der Waals surface area contributed by atoms with Gasteiger partial charge >= 0.3 is 5.97 Å². The summed E-state index contributed by atoms with van der Waals surface area (Å²) in [4.78, 5) is 24.1. The Labute approximate surface area is 131 Å². The van der Waals surface area contributed by atoms with E-state index in [9.17, 15) is 4.79 Å². The zero-order chi connectivity index (χ0) is 15.7. The lowest BCUT2D eigenvalue weighted by Crippen LogP contribution is -2.07. The van der Waals surface area contributed by atoms with Crippen molar-refractivity contribution in [2.24, 2.45) is 0 Å². The second-order valence-electron chi connectivity index (χ2n) is 4.55. The second-order valence-corrected chi connectivity index (χ2v) is 4.96. The van der Waals surface area contributed by atoms with Crippen LogP contribution in [0.1, 0.15) is 23.3 Å². The lowest BCUT2D eigenvalue weighted by Gasteiger charge is -2.04. The third kappa shape index (κ3) is 2.65. The largest absolute Gasteiger partial charge is 0.461 e. The summed E-state index contributed by atoms with van der Waals surface area (Å²) >= 11 is 6.21. The molecule has 0 fully saturated rings. The fourth-order valence-electron chi connectivity index (χ4n) is 2.08. The molecule has 0 bridgehead atoms. The van der Waals surface area contributed by atoms with Gasteiger partial charge in [-0.3, -0.25) is 0 Å². The first-order valence-electron chi connectivity index (χ1n) is 6.64. The number of rotatable bonds is 3. The fourth-order valence-corrected chi connectivity index (χ4v) is 2.34. The van der Waals surface area contributed by atoms with Gasteiger partial charge in [0.2, 0.25) is 0 Å². The Morgan fingerprint density at radius 1 is 1.32 bits per heavy atom. The van der Waals surface area contributed by atoms with Gasteiger partial charge in [0, 0.05) is 12.5 Å². The number of ether oxygens (including phenoxy) is 1. The van der Waals surface area contributed by atoms with Gasteiger partial charge in [-0.15, -0.1) is 0 Å². The van der Waals surface area contributed by atoms with Gasteiger partial charge in [-0.05, 0) is 25.1 Å². The minimum absolute atomic E-state index is 0.194. The van der Waals surface area contributed by atoms with Gasteiger partial charge < -0.3 is 9.15 Å². The SMILES string of the molecule is CCOC(=O)c1cc(-c2cc(Cl)c3oc(C)nc3c2)ncn1. The average Bonchev–Trinajstić information content (AvgIpc) is 2.88. The van der Waals surface area contributed by atoms with Gasteiger partial charge in [-0.2, -0.15) is 0 Å². The predicted octanol–water partition coefficient (Wildman–Crippen LogP) is 3.42. The van der Waals surface area contributed by atoms with Crippen LogP contribution in [-0.2, 0) is 4.74 Å². The minimum Gasteiger partial charge on any atom is -0.461 e. The molecule has 2 aromatic heterocycles. The van der Waals surface area contributed by atoms with Crippen molar-refractivity contribution in [3.05, 3.63) is 41.1 Å². The molecule has 0 aliphatic rings. The molecule has 6 nitrogen and oxygen atoms in total. The van der Waals surface area contributed by atoms with E-state index in [1.54, 1.807) is 32.0 Å². The van der Waals surface area contributed by atoms with Crippen molar-refractivity contribution in [3.8, 4) is 11.3 Å². The Kier molecular flexibility index (Phi) is 3.77. The highest BCUT2D eigenvalue weighted by atomic mass is 35.5. The maximum atomic E-state index is 11.7. The Morgan fingerprint density at radius 3 is 2.91 bits per heavy atom. The zero-order valence-corrected chi connectivity index (χ0v) is 12.7. The number of carbonyl (C=O) groups excluding carboxylic acids is 1. The molecule has 7 heteroatoms. The van der Waals surface area contributed by atoms with E-state index in [2.05, 4.69) is 15.0 Å². The Balaban J connectivity index is 2.07. The summed E-state index contributed by atoms with van der Waals surface area (Å²) in [5.41, 5.74) is 2.64. The van der Waals surface area contributed by atoms with Crippen molar-refractivity contribution >= 4 is 28.7 Å². The van der Waals surface area contributed by atoms with E-state index in [1.807, 2.05) is 0 Å². The Morgan fingerprint density at radius 2 is 2.14 bits per heavy atom. The molecule has 0 N–H and O–H groups in total. The van der Waals surface area contributed by atoms with Crippen molar-refractivity contribution < 1.29 is 13.9 Å². The number of esters is 1. The van der Waals surface area contributed by atoms with Crippen molar-refractivity contribution in [2.75, 3.05) is 6.61 Å². The number of carbonyl (C=O) groups is 1. The molecule has 0 amide bonds. The minimum atomic E-state index is -0.490. The summed E-state index contributed by atoms with van der Waals surface area (Å²) in [7, 11) is 0. The van der Waals surface area contributed by atoms with Crippen molar-refractivity contribution in [3.63, 3.8) is 0 Å². The first-order chi connectivity index (χ1) is 10.6. The van der Waals surface area contributed by atoms with E-state index >= 15 is 0 Å². The quantitative estimate of drug-likeness (QED) is 0.689. The van der Waals surface area contributed by atoms with Crippen molar-refractivity contribution in [1.29, 1.82) is 0 Å². The standard InChI is InChI=1S/C15H12ClN3O3/c1-3-21-15(20)13-6-11(17-7-18-13)9-4-10(16)14-12(5-9)19-8(2)22-14/h4-7H,3H2,1-2H3. The molecule has 112 valence electrons. The molecule has 0 saturated heterocycles. The van der Waals surface area contributed by atoms with Crippen molar-refractivity contribution in [2.45, 2.75) is 13.8 Å². The van der Waals surface area contributed by atoms with Crippen LogP contribution in [0.2, 0.25) is 5.02 Å². The van der Waals surface area contributed by atoms with Gasteiger partial charge in [0.1, 0.15) is 11.8 Å². The van der Waals surface area contributed by atoms with Crippen LogP contribution in [0.5, 0.6) is 0 Å². The number of aromatic nitrogens is 3. The van der Waals surface area contributed by atoms with Gasteiger partial charge in [-0.25, -0.2) is 19.7 Å². The molecular formula is C15H12ClN3O3. The maximum absolute atomic E-state index is 11.7. The third-order valence-electron chi connectivity index (χ3n) is 3.00. The summed E-state index contributed by atoms with van der Waals surface area (Å²) in [6.07, 6.45) is 1.31. The van der Waals surface area contributed by atoms with Crippen LogP contribution in [0, 0.1) is 6.92 Å². The molecule has 3 aromatic rings. The first kappa shape index (κ1) is 14.5. The number of hydrogen-bond donors (Lipinski definition) is 0. The van der Waals surface area contributed by atoms with Gasteiger partial charge in [-0.1, -0.05) is 11.6 Å². The molecule has 1 aromatic carbocycles. The van der Waals surface area contributed by atoms with Gasteiger partial charge in [0.25, 0.3) is 0 Å². The molecule has 0 spiro atoms. The monoisotopic (exact) mass is 317 g/mol. The molecule has 0 atom stereocenters. The summed E-state index contributed by atoms with van der Waals surface area (Å²) in [6.45, 7) is 3.77. The first-order valence-corrected chi connectivity index (χ1v) is 7.02. The maximum Gasteiger partial charge on any atom is 0.357 e.